The molecule has 1 aromatic carbocycles. The second kappa shape index (κ2) is 15.7. The molecule has 0 fully saturated rings. The molecule has 0 saturated heterocycles. The Bertz CT molecular complexity index is 823. The molecule has 0 N–H and O–H groups in total. The van der Waals surface area contributed by atoms with Gasteiger partial charge in [-0.3, -0.25) is 14.4 Å². The first-order valence-corrected chi connectivity index (χ1v) is 13.3. The van der Waals surface area contributed by atoms with Crippen molar-refractivity contribution < 1.29 is 19.2 Å². The Morgan fingerprint density at radius 2 is 1.68 bits per heavy atom. The van der Waals surface area contributed by atoms with Gasteiger partial charge in [-0.2, -0.15) is 0 Å². The van der Waals surface area contributed by atoms with Gasteiger partial charge in [-0.1, -0.05) is 64.7 Å². The number of Topliss-reactive ketones (excluding diaryl/α,β-unsaturated/α-hetero) is 4. The molecule has 2 rings (SSSR count). The number of unbranched alkanes of at least 4 members (excludes halogenated alkanes) is 2. The quantitative estimate of drug-likeness (QED) is 0.224. The van der Waals surface area contributed by atoms with Gasteiger partial charge >= 0.3 is 0 Å². The lowest BCUT2D eigenvalue weighted by atomic mass is 9.72. The molecule has 0 spiro atoms. The largest absolute Gasteiger partial charge is 0.300 e. The molecule has 0 aliphatic heterocycles. The summed E-state index contributed by atoms with van der Waals surface area (Å²) in [6.07, 6.45) is 9.45. The molecular weight excluding hydrogens is 424 g/mol. The standard InChI is InChI=1S/C23H32O3.C7H14O/c1-5-8-18(20(6-2)21(25)11-16(4)24)12-17-13-19-10-7-9-15(3)23(19)22(26)14-17;1-3-4-5-6-7(2)8/h7,9-10,17-18,20H,5-6,8,11-14H2,1-4H3;3-6H2,1-2H3. The van der Waals surface area contributed by atoms with Gasteiger partial charge in [0.1, 0.15) is 17.3 Å². The topological polar surface area (TPSA) is 68.3 Å². The minimum Gasteiger partial charge on any atom is -0.300 e. The molecule has 4 heteroatoms. The van der Waals surface area contributed by atoms with E-state index in [2.05, 4.69) is 19.9 Å². The molecule has 4 nitrogen and oxygen atoms in total. The first-order chi connectivity index (χ1) is 16.1. The van der Waals surface area contributed by atoms with Crippen LogP contribution >= 0.6 is 0 Å². The van der Waals surface area contributed by atoms with Crippen LogP contribution in [0.15, 0.2) is 18.2 Å². The van der Waals surface area contributed by atoms with E-state index in [1.807, 2.05) is 26.0 Å². The summed E-state index contributed by atoms with van der Waals surface area (Å²) in [5.74, 6) is 1.09. The van der Waals surface area contributed by atoms with Crippen molar-refractivity contribution in [3.63, 3.8) is 0 Å². The number of rotatable bonds is 13. The number of ketones is 4. The van der Waals surface area contributed by atoms with Gasteiger partial charge in [0.2, 0.25) is 0 Å². The van der Waals surface area contributed by atoms with Crippen LogP contribution in [0.5, 0.6) is 0 Å². The fourth-order valence-electron chi connectivity index (χ4n) is 5.32. The van der Waals surface area contributed by atoms with E-state index in [9.17, 15) is 19.2 Å². The van der Waals surface area contributed by atoms with Crippen LogP contribution in [-0.2, 0) is 20.8 Å². The number of aryl methyl sites for hydroxylation is 1. The summed E-state index contributed by atoms with van der Waals surface area (Å²) in [6.45, 7) is 11.5. The highest BCUT2D eigenvalue weighted by Gasteiger charge is 2.32. The van der Waals surface area contributed by atoms with Crippen molar-refractivity contribution in [2.45, 2.75) is 112 Å². The van der Waals surface area contributed by atoms with Crippen molar-refractivity contribution in [1.29, 1.82) is 0 Å². The van der Waals surface area contributed by atoms with Crippen molar-refractivity contribution in [3.8, 4) is 0 Å². The normalized spacial score (nSPS) is 16.6. The Labute approximate surface area is 207 Å². The predicted molar refractivity (Wildman–Crippen MR) is 139 cm³/mol. The van der Waals surface area contributed by atoms with Crippen LogP contribution in [0.4, 0.5) is 0 Å². The van der Waals surface area contributed by atoms with E-state index in [0.717, 1.165) is 61.6 Å². The maximum atomic E-state index is 12.7. The zero-order chi connectivity index (χ0) is 25.7. The molecule has 3 unspecified atom stereocenters. The molecule has 3 atom stereocenters. The Balaban J connectivity index is 0.000000620. The molecule has 0 aromatic heterocycles. The minimum atomic E-state index is -0.0622. The summed E-state index contributed by atoms with van der Waals surface area (Å²) >= 11 is 0. The van der Waals surface area contributed by atoms with E-state index in [1.54, 1.807) is 6.92 Å². The van der Waals surface area contributed by atoms with Crippen LogP contribution in [-0.4, -0.2) is 23.1 Å². The SMILES string of the molecule is CCCC(CC1CC(=O)c2c(C)cccc2C1)C(CC)C(=O)CC(C)=O.CCCCCC(C)=O. The highest BCUT2D eigenvalue weighted by Crippen LogP contribution is 2.36. The fourth-order valence-corrected chi connectivity index (χ4v) is 5.32. The lowest BCUT2D eigenvalue weighted by Gasteiger charge is -2.31. The maximum Gasteiger partial charge on any atom is 0.163 e. The van der Waals surface area contributed by atoms with Crippen molar-refractivity contribution in [2.75, 3.05) is 0 Å². The molecule has 1 aliphatic rings. The van der Waals surface area contributed by atoms with Crippen LogP contribution in [0.25, 0.3) is 0 Å². The Morgan fingerprint density at radius 1 is 0.971 bits per heavy atom. The van der Waals surface area contributed by atoms with Crippen LogP contribution < -0.4 is 0 Å². The average molecular weight is 471 g/mol. The maximum absolute atomic E-state index is 12.7. The van der Waals surface area contributed by atoms with Gasteiger partial charge in [-0.05, 0) is 69.4 Å². The summed E-state index contributed by atoms with van der Waals surface area (Å²) in [7, 11) is 0. The molecule has 0 bridgehead atoms. The molecular formula is C30H46O4. The number of hydrogen-bond donors (Lipinski definition) is 0. The summed E-state index contributed by atoms with van der Waals surface area (Å²) in [6, 6.07) is 6.10. The average Bonchev–Trinajstić information content (AvgIpc) is 2.74. The monoisotopic (exact) mass is 470 g/mol. The molecule has 34 heavy (non-hydrogen) atoms. The van der Waals surface area contributed by atoms with Crippen LogP contribution in [0.2, 0.25) is 0 Å². The zero-order valence-corrected chi connectivity index (χ0v) is 22.4. The highest BCUT2D eigenvalue weighted by molar-refractivity contribution is 6.00. The number of fused-ring (bicyclic) bond motifs is 1. The second-order valence-electron chi connectivity index (χ2n) is 10.1. The van der Waals surface area contributed by atoms with E-state index in [4.69, 9.17) is 0 Å². The smallest absolute Gasteiger partial charge is 0.163 e. The summed E-state index contributed by atoms with van der Waals surface area (Å²) < 4.78 is 0. The van der Waals surface area contributed by atoms with E-state index >= 15 is 0 Å². The zero-order valence-electron chi connectivity index (χ0n) is 22.4. The highest BCUT2D eigenvalue weighted by atomic mass is 16.1. The van der Waals surface area contributed by atoms with Gasteiger partial charge in [0.15, 0.2) is 5.78 Å². The molecule has 0 heterocycles. The van der Waals surface area contributed by atoms with Crippen molar-refractivity contribution in [3.05, 3.63) is 34.9 Å². The van der Waals surface area contributed by atoms with Gasteiger partial charge in [0, 0.05) is 24.3 Å². The van der Waals surface area contributed by atoms with E-state index < -0.39 is 0 Å². The van der Waals surface area contributed by atoms with Gasteiger partial charge in [-0.15, -0.1) is 0 Å². The Hall–Kier alpha value is -2.10. The third-order valence-electron chi connectivity index (χ3n) is 6.89. The number of carbonyl (C=O) groups is 4. The van der Waals surface area contributed by atoms with Crippen LogP contribution in [0.1, 0.15) is 120 Å². The molecule has 190 valence electrons. The first kappa shape index (κ1) is 29.9. The minimum absolute atomic E-state index is 0.0460. The van der Waals surface area contributed by atoms with Gasteiger partial charge < -0.3 is 4.79 Å². The molecule has 0 amide bonds. The fraction of sp³-hybridized carbons (Fsp3) is 0.667. The van der Waals surface area contributed by atoms with E-state index in [-0.39, 0.29) is 35.6 Å². The summed E-state index contributed by atoms with van der Waals surface area (Å²) in [5.41, 5.74) is 3.14. The van der Waals surface area contributed by atoms with Crippen molar-refractivity contribution in [2.24, 2.45) is 17.8 Å². The Kier molecular flexibility index (Phi) is 13.9. The van der Waals surface area contributed by atoms with Crippen LogP contribution in [0.3, 0.4) is 0 Å². The van der Waals surface area contributed by atoms with Gasteiger partial charge in [-0.25, -0.2) is 0 Å². The third kappa shape index (κ3) is 10.0. The molecule has 1 aliphatic carbocycles. The van der Waals surface area contributed by atoms with E-state index in [1.165, 1.54) is 19.8 Å². The summed E-state index contributed by atoms with van der Waals surface area (Å²) in [5, 5.41) is 0. The molecule has 0 saturated carbocycles. The van der Waals surface area contributed by atoms with Crippen molar-refractivity contribution >= 4 is 23.1 Å². The molecule has 0 radical (unpaired) electrons. The van der Waals surface area contributed by atoms with Gasteiger partial charge in [0.05, 0.1) is 6.42 Å². The lowest BCUT2D eigenvalue weighted by molar-refractivity contribution is -0.130. The third-order valence-corrected chi connectivity index (χ3v) is 6.89. The number of hydrogen-bond acceptors (Lipinski definition) is 4. The predicted octanol–water partition coefficient (Wildman–Crippen LogP) is 7.28. The number of carbonyl (C=O) groups excluding carboxylic acids is 4. The lowest BCUT2D eigenvalue weighted by Crippen LogP contribution is -2.29. The Morgan fingerprint density at radius 3 is 2.24 bits per heavy atom. The van der Waals surface area contributed by atoms with E-state index in [0.29, 0.717) is 18.1 Å². The second-order valence-corrected chi connectivity index (χ2v) is 10.1. The summed E-state index contributed by atoms with van der Waals surface area (Å²) in [4.78, 5) is 46.9. The van der Waals surface area contributed by atoms with Gasteiger partial charge in [0.25, 0.3) is 0 Å². The van der Waals surface area contributed by atoms with Crippen molar-refractivity contribution in [1.82, 2.24) is 0 Å². The van der Waals surface area contributed by atoms with Crippen LogP contribution in [0, 0.1) is 24.7 Å². The number of benzene rings is 1. The first-order valence-electron chi connectivity index (χ1n) is 13.3. The molecule has 1 aromatic rings.